The number of aliphatic carboxylic acids is 1. The molecule has 2 N–H and O–H groups in total. The number of aryl methyl sites for hydroxylation is 2. The quantitative estimate of drug-likeness (QED) is 0.890. The molecule has 1 aromatic carbocycles. The second-order valence-corrected chi connectivity index (χ2v) is 5.34. The summed E-state index contributed by atoms with van der Waals surface area (Å²) in [5.41, 5.74) is 3.30. The van der Waals surface area contributed by atoms with Crippen LogP contribution in [0.2, 0.25) is 0 Å². The van der Waals surface area contributed by atoms with Gasteiger partial charge in [0, 0.05) is 18.3 Å². The van der Waals surface area contributed by atoms with Crippen molar-refractivity contribution in [1.82, 2.24) is 5.32 Å². The molecule has 2 rings (SSSR count). The van der Waals surface area contributed by atoms with Crippen LogP contribution < -0.4 is 10.2 Å². The van der Waals surface area contributed by atoms with E-state index in [9.17, 15) is 9.59 Å². The normalized spacial score (nSPS) is 15.4. The first kappa shape index (κ1) is 14.4. The predicted molar refractivity (Wildman–Crippen MR) is 77.1 cm³/mol. The highest BCUT2D eigenvalue weighted by Crippen LogP contribution is 2.27. The number of amides is 2. The van der Waals surface area contributed by atoms with Gasteiger partial charge in [0.05, 0.1) is 6.42 Å². The van der Waals surface area contributed by atoms with Crippen LogP contribution in [-0.2, 0) is 11.2 Å². The number of carbonyl (C=O) groups is 2. The van der Waals surface area contributed by atoms with Crippen LogP contribution >= 0.6 is 0 Å². The summed E-state index contributed by atoms with van der Waals surface area (Å²) in [5.74, 6) is -0.910. The van der Waals surface area contributed by atoms with Crippen LogP contribution in [0, 0.1) is 6.92 Å². The number of hydrogen-bond acceptors (Lipinski definition) is 2. The van der Waals surface area contributed by atoms with Crippen LogP contribution in [0.15, 0.2) is 18.2 Å². The molecule has 0 radical (unpaired) electrons. The van der Waals surface area contributed by atoms with Crippen molar-refractivity contribution in [1.29, 1.82) is 0 Å². The number of benzene rings is 1. The van der Waals surface area contributed by atoms with E-state index in [0.717, 1.165) is 18.5 Å². The van der Waals surface area contributed by atoms with Crippen molar-refractivity contribution in [2.75, 3.05) is 11.4 Å². The number of carboxylic acid groups (broad SMARTS) is 1. The van der Waals surface area contributed by atoms with Gasteiger partial charge in [0.25, 0.3) is 0 Å². The lowest BCUT2D eigenvalue weighted by Crippen LogP contribution is -2.46. The van der Waals surface area contributed by atoms with E-state index in [0.29, 0.717) is 6.54 Å². The maximum Gasteiger partial charge on any atom is 0.322 e. The fourth-order valence-corrected chi connectivity index (χ4v) is 2.54. The van der Waals surface area contributed by atoms with Crippen LogP contribution in [0.1, 0.15) is 30.9 Å². The third-order valence-electron chi connectivity index (χ3n) is 3.45. The molecule has 5 nitrogen and oxygen atoms in total. The third-order valence-corrected chi connectivity index (χ3v) is 3.45. The van der Waals surface area contributed by atoms with Crippen LogP contribution in [0.5, 0.6) is 0 Å². The van der Waals surface area contributed by atoms with Crippen molar-refractivity contribution in [2.24, 2.45) is 0 Å². The highest BCUT2D eigenvalue weighted by Gasteiger charge is 2.23. The zero-order chi connectivity index (χ0) is 14.7. The Hall–Kier alpha value is -2.04. The SMILES string of the molecule is Cc1ccc2c(c1)CCCN2C(=O)NC(C)CC(=O)O. The molecule has 0 aliphatic carbocycles. The maximum absolute atomic E-state index is 12.3. The first-order valence-corrected chi connectivity index (χ1v) is 6.86. The average molecular weight is 276 g/mol. The van der Waals surface area contributed by atoms with Gasteiger partial charge >= 0.3 is 12.0 Å². The number of carboxylic acids is 1. The van der Waals surface area contributed by atoms with Gasteiger partial charge in [-0.2, -0.15) is 0 Å². The first-order valence-electron chi connectivity index (χ1n) is 6.86. The summed E-state index contributed by atoms with van der Waals surface area (Å²) in [4.78, 5) is 24.6. The Morgan fingerprint density at radius 2 is 2.20 bits per heavy atom. The van der Waals surface area contributed by atoms with Crippen LogP contribution in [0.4, 0.5) is 10.5 Å². The van der Waals surface area contributed by atoms with Crippen molar-refractivity contribution in [2.45, 2.75) is 39.2 Å². The molecule has 0 spiro atoms. The molecule has 5 heteroatoms. The highest BCUT2D eigenvalue weighted by atomic mass is 16.4. The minimum Gasteiger partial charge on any atom is -0.481 e. The van der Waals surface area contributed by atoms with Gasteiger partial charge in [-0.3, -0.25) is 9.69 Å². The molecule has 2 amide bonds. The van der Waals surface area contributed by atoms with Gasteiger partial charge in [0.2, 0.25) is 0 Å². The summed E-state index contributed by atoms with van der Waals surface area (Å²) in [7, 11) is 0. The number of anilines is 1. The molecular formula is C15H20N2O3. The molecule has 1 aliphatic rings. The fourth-order valence-electron chi connectivity index (χ4n) is 2.54. The Balaban J connectivity index is 2.10. The van der Waals surface area contributed by atoms with Gasteiger partial charge in [-0.05, 0) is 38.3 Å². The smallest absolute Gasteiger partial charge is 0.322 e. The van der Waals surface area contributed by atoms with Crippen molar-refractivity contribution in [3.63, 3.8) is 0 Å². The fraction of sp³-hybridized carbons (Fsp3) is 0.467. The molecule has 0 fully saturated rings. The summed E-state index contributed by atoms with van der Waals surface area (Å²) in [6, 6.07) is 5.46. The van der Waals surface area contributed by atoms with Gasteiger partial charge in [0.15, 0.2) is 0 Å². The lowest BCUT2D eigenvalue weighted by atomic mass is 10.00. The number of nitrogens with one attached hydrogen (secondary N) is 1. The predicted octanol–water partition coefficient (Wildman–Crippen LogP) is 2.32. The van der Waals surface area contributed by atoms with E-state index >= 15 is 0 Å². The Bertz CT molecular complexity index is 528. The summed E-state index contributed by atoms with van der Waals surface area (Å²) in [6.45, 7) is 4.40. The van der Waals surface area contributed by atoms with Crippen molar-refractivity contribution >= 4 is 17.7 Å². The van der Waals surface area contributed by atoms with E-state index in [2.05, 4.69) is 11.4 Å². The monoisotopic (exact) mass is 276 g/mol. The van der Waals surface area contributed by atoms with Gasteiger partial charge in [-0.15, -0.1) is 0 Å². The molecule has 0 bridgehead atoms. The molecule has 0 aromatic heterocycles. The van der Waals surface area contributed by atoms with Gasteiger partial charge in [0.1, 0.15) is 0 Å². The lowest BCUT2D eigenvalue weighted by molar-refractivity contribution is -0.137. The minimum absolute atomic E-state index is 0.0691. The van der Waals surface area contributed by atoms with Gasteiger partial charge in [-0.1, -0.05) is 17.7 Å². The Kier molecular flexibility index (Phi) is 4.27. The van der Waals surface area contributed by atoms with E-state index in [1.807, 2.05) is 19.1 Å². The van der Waals surface area contributed by atoms with Gasteiger partial charge in [-0.25, -0.2) is 4.79 Å². The number of carbonyl (C=O) groups excluding carboxylic acids is 1. The minimum atomic E-state index is -0.910. The maximum atomic E-state index is 12.3. The van der Waals surface area contributed by atoms with E-state index < -0.39 is 5.97 Å². The molecule has 108 valence electrons. The van der Waals surface area contributed by atoms with E-state index in [1.54, 1.807) is 11.8 Å². The van der Waals surface area contributed by atoms with E-state index in [-0.39, 0.29) is 18.5 Å². The Morgan fingerprint density at radius 3 is 2.90 bits per heavy atom. The Morgan fingerprint density at radius 1 is 1.45 bits per heavy atom. The Labute approximate surface area is 118 Å². The number of urea groups is 1. The summed E-state index contributed by atoms with van der Waals surface area (Å²) in [6.07, 6.45) is 1.84. The lowest BCUT2D eigenvalue weighted by Gasteiger charge is -2.30. The number of fused-ring (bicyclic) bond motifs is 1. The molecule has 1 unspecified atom stereocenters. The molecular weight excluding hydrogens is 256 g/mol. The molecule has 0 saturated heterocycles. The molecule has 1 aromatic rings. The molecule has 1 heterocycles. The second kappa shape index (κ2) is 5.94. The number of rotatable bonds is 3. The van der Waals surface area contributed by atoms with Crippen molar-refractivity contribution in [3.8, 4) is 0 Å². The molecule has 1 aliphatic heterocycles. The van der Waals surface area contributed by atoms with E-state index in [4.69, 9.17) is 5.11 Å². The third kappa shape index (κ3) is 3.29. The topological polar surface area (TPSA) is 69.6 Å². The molecule has 0 saturated carbocycles. The second-order valence-electron chi connectivity index (χ2n) is 5.34. The van der Waals surface area contributed by atoms with Crippen LogP contribution in [-0.4, -0.2) is 29.7 Å². The van der Waals surface area contributed by atoms with Crippen LogP contribution in [0.25, 0.3) is 0 Å². The van der Waals surface area contributed by atoms with Crippen LogP contribution in [0.3, 0.4) is 0 Å². The van der Waals surface area contributed by atoms with Gasteiger partial charge < -0.3 is 10.4 Å². The average Bonchev–Trinajstić information content (AvgIpc) is 2.36. The molecule has 20 heavy (non-hydrogen) atoms. The zero-order valence-corrected chi connectivity index (χ0v) is 11.8. The summed E-state index contributed by atoms with van der Waals surface area (Å²) < 4.78 is 0. The van der Waals surface area contributed by atoms with E-state index in [1.165, 1.54) is 11.1 Å². The number of nitrogens with zero attached hydrogens (tertiary/aromatic N) is 1. The zero-order valence-electron chi connectivity index (χ0n) is 11.8. The first-order chi connectivity index (χ1) is 9.47. The molecule has 1 atom stereocenters. The van der Waals surface area contributed by atoms with Crippen molar-refractivity contribution < 1.29 is 14.7 Å². The summed E-state index contributed by atoms with van der Waals surface area (Å²) >= 11 is 0. The summed E-state index contributed by atoms with van der Waals surface area (Å²) in [5, 5.41) is 11.5. The largest absolute Gasteiger partial charge is 0.481 e. The number of hydrogen-bond donors (Lipinski definition) is 2. The highest BCUT2D eigenvalue weighted by molar-refractivity contribution is 5.93. The standard InChI is InChI=1S/C15H20N2O3/c1-10-5-6-13-12(8-10)4-3-7-17(13)15(20)16-11(2)9-14(18)19/h5-6,8,11H,3-4,7,9H2,1-2H3,(H,16,20)(H,18,19). The van der Waals surface area contributed by atoms with Crippen molar-refractivity contribution in [3.05, 3.63) is 29.3 Å².